The number of urea groups is 1. The molecule has 1 aliphatic rings. The molecule has 1 saturated heterocycles. The predicted molar refractivity (Wildman–Crippen MR) is 105 cm³/mol. The van der Waals surface area contributed by atoms with Crippen molar-refractivity contribution in [2.75, 3.05) is 18.4 Å². The maximum Gasteiger partial charge on any atom is 0.416 e. The number of carbonyl (C=O) groups is 2. The van der Waals surface area contributed by atoms with Crippen LogP contribution in [0.3, 0.4) is 0 Å². The summed E-state index contributed by atoms with van der Waals surface area (Å²) in [4.78, 5) is 36.1. The smallest absolute Gasteiger partial charge is 0.340 e. The van der Waals surface area contributed by atoms with E-state index in [1.807, 2.05) is 0 Å². The number of anilines is 1. The molecule has 0 bridgehead atoms. The largest absolute Gasteiger partial charge is 0.416 e. The van der Waals surface area contributed by atoms with Gasteiger partial charge in [0, 0.05) is 37.3 Å². The van der Waals surface area contributed by atoms with Gasteiger partial charge in [-0.3, -0.25) is 14.9 Å². The summed E-state index contributed by atoms with van der Waals surface area (Å²) in [5.41, 5.74) is -0.544. The van der Waals surface area contributed by atoms with Crippen LogP contribution in [-0.4, -0.2) is 34.9 Å². The number of benzene rings is 2. The van der Waals surface area contributed by atoms with Gasteiger partial charge in [-0.1, -0.05) is 12.1 Å². The average molecular weight is 436 g/mol. The van der Waals surface area contributed by atoms with Crippen molar-refractivity contribution in [2.24, 2.45) is 0 Å². The van der Waals surface area contributed by atoms with Gasteiger partial charge >= 0.3 is 12.2 Å². The minimum Gasteiger partial charge on any atom is -0.340 e. The van der Waals surface area contributed by atoms with Crippen LogP contribution in [0.1, 0.15) is 30.0 Å². The van der Waals surface area contributed by atoms with Crippen molar-refractivity contribution >= 4 is 23.3 Å². The lowest BCUT2D eigenvalue weighted by Gasteiger charge is -2.26. The second-order valence-corrected chi connectivity index (χ2v) is 7.02. The summed E-state index contributed by atoms with van der Waals surface area (Å²) in [6.45, 7) is 0.480. The number of likely N-dealkylation sites (tertiary alicyclic amines) is 1. The molecule has 0 saturated carbocycles. The molecule has 1 fully saturated rings. The Balaban J connectivity index is 1.78. The number of hydrogen-bond donors (Lipinski definition) is 2. The SMILES string of the molecule is O=C(Nc1ccc([N+](=O)[O-])cc1)NC(CN1CCCC1=O)c1cccc(C(F)(F)F)c1. The second kappa shape index (κ2) is 9.02. The van der Waals surface area contributed by atoms with Crippen molar-refractivity contribution in [1.82, 2.24) is 10.2 Å². The molecule has 2 aromatic carbocycles. The van der Waals surface area contributed by atoms with E-state index in [-0.39, 0.29) is 29.4 Å². The Hall–Kier alpha value is -3.63. The lowest BCUT2D eigenvalue weighted by atomic mass is 10.0. The summed E-state index contributed by atoms with van der Waals surface area (Å²) in [5.74, 6) is -0.130. The number of carbonyl (C=O) groups excluding carboxylic acids is 2. The zero-order chi connectivity index (χ0) is 22.6. The van der Waals surface area contributed by atoms with Gasteiger partial charge in [0.05, 0.1) is 16.5 Å². The summed E-state index contributed by atoms with van der Waals surface area (Å²) < 4.78 is 39.4. The number of nitro benzene ring substituents is 1. The zero-order valence-corrected chi connectivity index (χ0v) is 16.2. The molecular formula is C20H19F3N4O4. The van der Waals surface area contributed by atoms with Gasteiger partial charge in [0.15, 0.2) is 0 Å². The van der Waals surface area contributed by atoms with Crippen molar-refractivity contribution in [3.8, 4) is 0 Å². The minimum atomic E-state index is -4.55. The van der Waals surface area contributed by atoms with Crippen LogP contribution in [0.15, 0.2) is 48.5 Å². The van der Waals surface area contributed by atoms with E-state index in [0.717, 1.165) is 12.1 Å². The molecule has 31 heavy (non-hydrogen) atoms. The van der Waals surface area contributed by atoms with Crippen LogP contribution in [0.5, 0.6) is 0 Å². The number of non-ortho nitro benzene ring substituents is 1. The second-order valence-electron chi connectivity index (χ2n) is 7.02. The first-order chi connectivity index (χ1) is 14.6. The molecule has 0 aromatic heterocycles. The van der Waals surface area contributed by atoms with E-state index >= 15 is 0 Å². The standard InChI is InChI=1S/C20H19F3N4O4/c21-20(22,23)14-4-1-3-13(11-14)17(12-26-10-2-5-18(26)28)25-19(29)24-15-6-8-16(9-7-15)27(30)31/h1,3-4,6-9,11,17H,2,5,10,12H2,(H2,24,25,29). The molecule has 1 aliphatic heterocycles. The number of hydrogen-bond acceptors (Lipinski definition) is 4. The van der Waals surface area contributed by atoms with Gasteiger partial charge in [0.2, 0.25) is 5.91 Å². The third-order valence-electron chi connectivity index (χ3n) is 4.83. The molecule has 0 aliphatic carbocycles. The minimum absolute atomic E-state index is 0.0217. The van der Waals surface area contributed by atoms with E-state index in [0.29, 0.717) is 19.4 Å². The molecule has 8 nitrogen and oxygen atoms in total. The fraction of sp³-hybridized carbons (Fsp3) is 0.300. The Morgan fingerprint density at radius 3 is 2.48 bits per heavy atom. The molecule has 1 heterocycles. The quantitative estimate of drug-likeness (QED) is 0.525. The highest BCUT2D eigenvalue weighted by Gasteiger charge is 2.32. The molecule has 3 rings (SSSR count). The Morgan fingerprint density at radius 2 is 1.90 bits per heavy atom. The number of rotatable bonds is 6. The first-order valence-electron chi connectivity index (χ1n) is 9.40. The maximum atomic E-state index is 13.1. The van der Waals surface area contributed by atoms with Crippen LogP contribution in [0.25, 0.3) is 0 Å². The normalized spacial score (nSPS) is 14.9. The van der Waals surface area contributed by atoms with Gasteiger partial charge in [-0.2, -0.15) is 13.2 Å². The Labute approximate surface area is 175 Å². The van der Waals surface area contributed by atoms with Crippen LogP contribution in [0.4, 0.5) is 29.3 Å². The lowest BCUT2D eigenvalue weighted by molar-refractivity contribution is -0.384. The molecule has 0 radical (unpaired) electrons. The fourth-order valence-electron chi connectivity index (χ4n) is 3.28. The topological polar surface area (TPSA) is 105 Å². The van der Waals surface area contributed by atoms with Gasteiger partial charge in [-0.25, -0.2) is 4.79 Å². The van der Waals surface area contributed by atoms with Crippen LogP contribution in [0.2, 0.25) is 0 Å². The Kier molecular flexibility index (Phi) is 6.42. The van der Waals surface area contributed by atoms with E-state index in [9.17, 15) is 32.9 Å². The van der Waals surface area contributed by atoms with Crippen LogP contribution in [0, 0.1) is 10.1 Å². The van der Waals surface area contributed by atoms with Crippen LogP contribution in [-0.2, 0) is 11.0 Å². The monoisotopic (exact) mass is 436 g/mol. The van der Waals surface area contributed by atoms with E-state index in [1.54, 1.807) is 0 Å². The van der Waals surface area contributed by atoms with Gasteiger partial charge < -0.3 is 15.5 Å². The fourth-order valence-corrected chi connectivity index (χ4v) is 3.28. The van der Waals surface area contributed by atoms with Gasteiger partial charge in [-0.05, 0) is 36.2 Å². The van der Waals surface area contributed by atoms with E-state index < -0.39 is 28.7 Å². The average Bonchev–Trinajstić information content (AvgIpc) is 3.12. The molecule has 2 N–H and O–H groups in total. The Morgan fingerprint density at radius 1 is 1.19 bits per heavy atom. The summed E-state index contributed by atoms with van der Waals surface area (Å²) in [7, 11) is 0. The van der Waals surface area contributed by atoms with Crippen molar-refractivity contribution in [3.05, 3.63) is 69.8 Å². The summed E-state index contributed by atoms with van der Waals surface area (Å²) in [5, 5.41) is 15.8. The summed E-state index contributed by atoms with van der Waals surface area (Å²) >= 11 is 0. The number of nitrogens with one attached hydrogen (secondary N) is 2. The highest BCUT2D eigenvalue weighted by molar-refractivity contribution is 5.89. The van der Waals surface area contributed by atoms with E-state index in [2.05, 4.69) is 10.6 Å². The first kappa shape index (κ1) is 22.1. The van der Waals surface area contributed by atoms with Gasteiger partial charge in [0.25, 0.3) is 5.69 Å². The molecule has 0 spiro atoms. The number of nitro groups is 1. The van der Waals surface area contributed by atoms with Gasteiger partial charge in [0.1, 0.15) is 0 Å². The summed E-state index contributed by atoms with van der Waals surface area (Å²) in [6, 6.07) is 8.05. The van der Waals surface area contributed by atoms with Crippen molar-refractivity contribution in [3.63, 3.8) is 0 Å². The van der Waals surface area contributed by atoms with Crippen LogP contribution < -0.4 is 10.6 Å². The number of alkyl halides is 3. The molecule has 164 valence electrons. The third kappa shape index (κ3) is 5.71. The number of amides is 3. The number of nitrogens with zero attached hydrogens (tertiary/aromatic N) is 2. The third-order valence-corrected chi connectivity index (χ3v) is 4.83. The first-order valence-corrected chi connectivity index (χ1v) is 9.40. The predicted octanol–water partition coefficient (Wildman–Crippen LogP) is 4.10. The van der Waals surface area contributed by atoms with E-state index in [1.165, 1.54) is 41.3 Å². The summed E-state index contributed by atoms with van der Waals surface area (Å²) in [6.07, 6.45) is -3.56. The van der Waals surface area contributed by atoms with Crippen molar-refractivity contribution < 1.29 is 27.7 Å². The van der Waals surface area contributed by atoms with Crippen molar-refractivity contribution in [1.29, 1.82) is 0 Å². The van der Waals surface area contributed by atoms with Crippen LogP contribution >= 0.6 is 0 Å². The highest BCUT2D eigenvalue weighted by Crippen LogP contribution is 2.31. The molecule has 11 heteroatoms. The van der Waals surface area contributed by atoms with Gasteiger partial charge in [-0.15, -0.1) is 0 Å². The molecule has 2 aromatic rings. The molecule has 1 atom stereocenters. The molecule has 3 amide bonds. The van der Waals surface area contributed by atoms with Crippen molar-refractivity contribution in [2.45, 2.75) is 25.1 Å². The van der Waals surface area contributed by atoms with E-state index in [4.69, 9.17) is 0 Å². The number of halogens is 3. The maximum absolute atomic E-state index is 13.1. The lowest BCUT2D eigenvalue weighted by Crippen LogP contribution is -2.40. The molecule has 1 unspecified atom stereocenters. The Bertz CT molecular complexity index is 979. The zero-order valence-electron chi connectivity index (χ0n) is 16.2. The highest BCUT2D eigenvalue weighted by atomic mass is 19.4. The molecular weight excluding hydrogens is 417 g/mol.